The molecule has 0 unspecified atom stereocenters. The first-order valence-electron chi connectivity index (χ1n) is 9.40. The van der Waals surface area contributed by atoms with Crippen LogP contribution in [0.5, 0.6) is 0 Å². The van der Waals surface area contributed by atoms with E-state index in [4.69, 9.17) is 21.3 Å². The van der Waals surface area contributed by atoms with E-state index in [1.54, 1.807) is 47.2 Å². The van der Waals surface area contributed by atoms with Crippen LogP contribution in [0.2, 0.25) is 5.02 Å². The first kappa shape index (κ1) is 20.3. The maximum absolute atomic E-state index is 14.7. The fraction of sp³-hybridized carbons (Fsp3) is 0.227. The quantitative estimate of drug-likeness (QED) is 0.624. The zero-order valence-electron chi connectivity index (χ0n) is 16.2. The number of rotatable bonds is 5. The molecule has 0 aliphatic carbocycles. The monoisotopic (exact) mass is 427 g/mol. The number of nitrogens with zero attached hydrogens (tertiary/aromatic N) is 3. The molecule has 0 fully saturated rings. The normalized spacial score (nSPS) is 15.1. The van der Waals surface area contributed by atoms with Crippen molar-refractivity contribution in [3.8, 4) is 5.69 Å². The summed E-state index contributed by atoms with van der Waals surface area (Å²) >= 11 is 6.27. The van der Waals surface area contributed by atoms with E-state index < -0.39 is 11.9 Å². The Morgan fingerprint density at radius 3 is 2.80 bits per heavy atom. The lowest BCUT2D eigenvalue weighted by Gasteiger charge is -2.15. The molecule has 1 aliphatic heterocycles. The van der Waals surface area contributed by atoms with Crippen LogP contribution >= 0.6 is 11.6 Å². The fourth-order valence-corrected chi connectivity index (χ4v) is 3.79. The third-order valence-electron chi connectivity index (χ3n) is 5.04. The maximum Gasteiger partial charge on any atom is 0.305 e. The highest BCUT2D eigenvalue weighted by Gasteiger charge is 2.29. The predicted octanol–water partition coefficient (Wildman–Crippen LogP) is 4.00. The highest BCUT2D eigenvalue weighted by Crippen LogP contribution is 2.35. The van der Waals surface area contributed by atoms with E-state index in [2.05, 4.69) is 4.98 Å². The lowest BCUT2D eigenvalue weighted by atomic mass is 9.99. The Bertz CT molecular complexity index is 1140. The highest BCUT2D eigenvalue weighted by atomic mass is 35.5. The van der Waals surface area contributed by atoms with Crippen molar-refractivity contribution in [1.29, 1.82) is 0 Å². The van der Waals surface area contributed by atoms with E-state index in [0.717, 1.165) is 0 Å². The zero-order chi connectivity index (χ0) is 21.3. The van der Waals surface area contributed by atoms with Gasteiger partial charge in [0.25, 0.3) is 0 Å². The van der Waals surface area contributed by atoms with E-state index in [1.807, 2.05) is 0 Å². The lowest BCUT2D eigenvalue weighted by molar-refractivity contribution is -0.140. The van der Waals surface area contributed by atoms with Crippen LogP contribution in [-0.2, 0) is 16.1 Å². The molecule has 1 aromatic heterocycles. The predicted molar refractivity (Wildman–Crippen MR) is 111 cm³/mol. The molecule has 0 spiro atoms. The standard InChI is InChI=1S/C22H19ClFN3O3/c1-30-20(29)9-7-18-22-25-11-14(12-28)27(22)19-8-6-13(23)10-16(19)21(26-18)15-4-2-3-5-17(15)24/h2-6,8,10-11,18,28H,7,9,12H2,1H3/t18-/m0/s1. The largest absolute Gasteiger partial charge is 0.469 e. The van der Waals surface area contributed by atoms with Crippen LogP contribution in [-0.4, -0.2) is 33.4 Å². The van der Waals surface area contributed by atoms with Crippen molar-refractivity contribution < 1.29 is 19.0 Å². The summed E-state index contributed by atoms with van der Waals surface area (Å²) in [6, 6.07) is 11.0. The topological polar surface area (TPSA) is 76.7 Å². The lowest BCUT2D eigenvalue weighted by Crippen LogP contribution is -2.10. The summed E-state index contributed by atoms with van der Waals surface area (Å²) in [6.07, 6.45) is 2.00. The Morgan fingerprint density at radius 2 is 2.07 bits per heavy atom. The Morgan fingerprint density at radius 1 is 1.27 bits per heavy atom. The van der Waals surface area contributed by atoms with Gasteiger partial charge in [-0.25, -0.2) is 9.37 Å². The van der Waals surface area contributed by atoms with Crippen molar-refractivity contribution >= 4 is 23.3 Å². The number of aromatic nitrogens is 2. The first-order chi connectivity index (χ1) is 14.5. The van der Waals surface area contributed by atoms with Crippen LogP contribution < -0.4 is 0 Å². The van der Waals surface area contributed by atoms with Crippen LogP contribution in [0.25, 0.3) is 5.69 Å². The molecule has 154 valence electrons. The van der Waals surface area contributed by atoms with E-state index in [1.165, 1.54) is 13.2 Å². The number of ether oxygens (including phenoxy) is 1. The van der Waals surface area contributed by atoms with E-state index >= 15 is 0 Å². The molecule has 1 atom stereocenters. The van der Waals surface area contributed by atoms with Crippen molar-refractivity contribution in [1.82, 2.24) is 9.55 Å². The molecule has 0 radical (unpaired) electrons. The van der Waals surface area contributed by atoms with E-state index in [-0.39, 0.29) is 19.0 Å². The summed E-state index contributed by atoms with van der Waals surface area (Å²) in [4.78, 5) is 21.1. The molecule has 1 aliphatic rings. The van der Waals surface area contributed by atoms with E-state index in [0.29, 0.717) is 45.5 Å². The van der Waals surface area contributed by atoms with Gasteiger partial charge < -0.3 is 9.84 Å². The molecule has 3 aromatic rings. The molecule has 30 heavy (non-hydrogen) atoms. The Hall–Kier alpha value is -3.03. The Balaban J connectivity index is 1.97. The third kappa shape index (κ3) is 3.62. The number of carbonyl (C=O) groups is 1. The summed E-state index contributed by atoms with van der Waals surface area (Å²) in [7, 11) is 1.33. The van der Waals surface area contributed by atoms with Gasteiger partial charge in [-0.3, -0.25) is 14.4 Å². The minimum atomic E-state index is -0.551. The van der Waals surface area contributed by atoms with Gasteiger partial charge in [0.15, 0.2) is 0 Å². The molecule has 1 N–H and O–H groups in total. The summed E-state index contributed by atoms with van der Waals surface area (Å²) in [6.45, 7) is -0.242. The Kier molecular flexibility index (Phi) is 5.65. The van der Waals surface area contributed by atoms with Crippen LogP contribution in [0.1, 0.15) is 41.5 Å². The molecule has 0 amide bonds. The number of aliphatic hydroxyl groups is 1. The van der Waals surface area contributed by atoms with Crippen molar-refractivity contribution in [2.45, 2.75) is 25.5 Å². The number of imidazole rings is 1. The first-order valence-corrected chi connectivity index (χ1v) is 9.78. The van der Waals surface area contributed by atoms with Gasteiger partial charge in [-0.2, -0.15) is 0 Å². The van der Waals surface area contributed by atoms with Gasteiger partial charge in [0, 0.05) is 22.6 Å². The number of halogens is 2. The van der Waals surface area contributed by atoms with Crippen molar-refractivity contribution in [3.05, 3.63) is 82.1 Å². The van der Waals surface area contributed by atoms with Gasteiger partial charge in [-0.1, -0.05) is 23.7 Å². The number of methoxy groups -OCH3 is 1. The fourth-order valence-electron chi connectivity index (χ4n) is 3.62. The summed E-state index contributed by atoms with van der Waals surface area (Å²) < 4.78 is 21.3. The van der Waals surface area contributed by atoms with Gasteiger partial charge in [0.2, 0.25) is 0 Å². The van der Waals surface area contributed by atoms with Crippen molar-refractivity contribution in [3.63, 3.8) is 0 Å². The van der Waals surface area contributed by atoms with Crippen LogP contribution in [0.15, 0.2) is 53.7 Å². The van der Waals surface area contributed by atoms with Gasteiger partial charge in [-0.15, -0.1) is 0 Å². The highest BCUT2D eigenvalue weighted by molar-refractivity contribution is 6.31. The number of hydrogen-bond donors (Lipinski definition) is 1. The molecular formula is C22H19ClFN3O3. The molecule has 0 saturated carbocycles. The number of benzene rings is 2. The number of aliphatic imine (C=N–C) groups is 1. The summed E-state index contributed by atoms with van der Waals surface area (Å²) in [5.74, 6) is -0.239. The second kappa shape index (κ2) is 8.38. The molecule has 8 heteroatoms. The second-order valence-electron chi connectivity index (χ2n) is 6.85. The third-order valence-corrected chi connectivity index (χ3v) is 5.28. The molecule has 4 rings (SSSR count). The SMILES string of the molecule is COC(=O)CC[C@@H]1N=C(c2ccccc2F)c2cc(Cl)ccc2-n2c(CO)cnc21. The van der Waals surface area contributed by atoms with Gasteiger partial charge in [0.1, 0.15) is 17.7 Å². The van der Waals surface area contributed by atoms with Crippen molar-refractivity contribution in [2.75, 3.05) is 7.11 Å². The van der Waals surface area contributed by atoms with Gasteiger partial charge in [-0.05, 0) is 36.8 Å². The smallest absolute Gasteiger partial charge is 0.305 e. The maximum atomic E-state index is 14.7. The minimum Gasteiger partial charge on any atom is -0.469 e. The zero-order valence-corrected chi connectivity index (χ0v) is 16.9. The average Bonchev–Trinajstić information content (AvgIpc) is 3.13. The number of aliphatic hydroxyl groups excluding tert-OH is 1. The molecule has 2 aromatic carbocycles. The number of fused-ring (bicyclic) bond motifs is 3. The van der Waals surface area contributed by atoms with E-state index in [9.17, 15) is 14.3 Å². The average molecular weight is 428 g/mol. The van der Waals surface area contributed by atoms with Gasteiger partial charge >= 0.3 is 5.97 Å². The number of esters is 1. The molecule has 2 heterocycles. The van der Waals surface area contributed by atoms with Gasteiger partial charge in [0.05, 0.1) is 37.0 Å². The Labute approximate surface area is 177 Å². The van der Waals surface area contributed by atoms with Crippen LogP contribution in [0.4, 0.5) is 4.39 Å². The number of hydrogen-bond acceptors (Lipinski definition) is 5. The van der Waals surface area contributed by atoms with Crippen molar-refractivity contribution in [2.24, 2.45) is 4.99 Å². The van der Waals surface area contributed by atoms with Crippen LogP contribution in [0, 0.1) is 5.82 Å². The second-order valence-corrected chi connectivity index (χ2v) is 7.29. The minimum absolute atomic E-state index is 0.119. The van der Waals surface area contributed by atoms with Crippen LogP contribution in [0.3, 0.4) is 0 Å². The molecular weight excluding hydrogens is 409 g/mol. The number of carbonyl (C=O) groups excluding carboxylic acids is 1. The molecule has 6 nitrogen and oxygen atoms in total. The summed E-state index contributed by atoms with van der Waals surface area (Å²) in [5, 5.41) is 10.3. The summed E-state index contributed by atoms with van der Waals surface area (Å²) in [5.41, 5.74) is 2.58. The molecule has 0 bridgehead atoms. The molecule has 0 saturated heterocycles.